The molecule has 0 spiro atoms. The van der Waals surface area contributed by atoms with Gasteiger partial charge in [0, 0.05) is 12.1 Å². The van der Waals surface area contributed by atoms with E-state index in [-0.39, 0.29) is 12.3 Å². The third-order valence-corrected chi connectivity index (χ3v) is 2.76. The smallest absolute Gasteiger partial charge is 0.338 e. The van der Waals surface area contributed by atoms with Gasteiger partial charge in [0.1, 0.15) is 0 Å². The first kappa shape index (κ1) is 11.6. The van der Waals surface area contributed by atoms with E-state index >= 15 is 0 Å². The van der Waals surface area contributed by atoms with Crippen LogP contribution >= 0.6 is 0 Å². The van der Waals surface area contributed by atoms with Crippen LogP contribution in [-0.4, -0.2) is 17.5 Å². The minimum atomic E-state index is -0.501. The van der Waals surface area contributed by atoms with Crippen molar-refractivity contribution >= 4 is 11.7 Å². The summed E-state index contributed by atoms with van der Waals surface area (Å²) >= 11 is 0. The molecule has 1 aliphatic rings. The summed E-state index contributed by atoms with van der Waals surface area (Å²) in [5, 5.41) is 10.7. The lowest BCUT2D eigenvalue weighted by atomic mass is 10.0. The van der Waals surface area contributed by atoms with Crippen molar-refractivity contribution < 1.29 is 14.5 Å². The average Bonchev–Trinajstić information content (AvgIpc) is 3.12. The number of hydrogen-bond acceptors (Lipinski definition) is 4. The number of non-ortho nitro benzene ring substituents is 1. The maximum Gasteiger partial charge on any atom is 0.338 e. The summed E-state index contributed by atoms with van der Waals surface area (Å²) in [5.74, 6) is -0.117. The molecule has 1 aromatic carbocycles. The lowest BCUT2D eigenvalue weighted by Crippen LogP contribution is -2.08. The highest BCUT2D eigenvalue weighted by Crippen LogP contribution is 2.42. The number of nitrogens with zero attached hydrogens (tertiary/aromatic N) is 1. The fourth-order valence-electron chi connectivity index (χ4n) is 1.79. The molecule has 0 heterocycles. The molecule has 1 aliphatic carbocycles. The Kier molecular flexibility index (Phi) is 3.08. The number of nitro benzene ring substituents is 1. The largest absolute Gasteiger partial charge is 0.462 e. The van der Waals surface area contributed by atoms with Crippen molar-refractivity contribution in [3.63, 3.8) is 0 Å². The summed E-state index contributed by atoms with van der Waals surface area (Å²) in [7, 11) is 0. The van der Waals surface area contributed by atoms with E-state index in [1.165, 1.54) is 12.1 Å². The number of nitro groups is 1. The molecule has 1 fully saturated rings. The van der Waals surface area contributed by atoms with Gasteiger partial charge in [-0.15, -0.1) is 0 Å². The third-order valence-electron chi connectivity index (χ3n) is 2.76. The molecule has 1 aromatic rings. The first-order valence-corrected chi connectivity index (χ1v) is 5.59. The van der Waals surface area contributed by atoms with Gasteiger partial charge < -0.3 is 4.74 Å². The Labute approximate surface area is 98.5 Å². The van der Waals surface area contributed by atoms with Crippen LogP contribution in [0.2, 0.25) is 0 Å². The fraction of sp³-hybridized carbons (Fsp3) is 0.417. The van der Waals surface area contributed by atoms with Gasteiger partial charge in [0.05, 0.1) is 17.1 Å². The number of esters is 1. The van der Waals surface area contributed by atoms with Gasteiger partial charge in [-0.2, -0.15) is 0 Å². The number of carbonyl (C=O) groups excluding carboxylic acids is 1. The summed E-state index contributed by atoms with van der Waals surface area (Å²) < 4.78 is 4.92. The maximum absolute atomic E-state index is 11.7. The van der Waals surface area contributed by atoms with Crippen molar-refractivity contribution in [1.82, 2.24) is 0 Å². The van der Waals surface area contributed by atoms with E-state index in [4.69, 9.17) is 4.74 Å². The Bertz CT molecular complexity index is 466. The van der Waals surface area contributed by atoms with Crippen molar-refractivity contribution in [2.75, 3.05) is 6.61 Å². The zero-order valence-corrected chi connectivity index (χ0v) is 9.51. The molecule has 17 heavy (non-hydrogen) atoms. The van der Waals surface area contributed by atoms with E-state index in [9.17, 15) is 14.9 Å². The van der Waals surface area contributed by atoms with Crippen molar-refractivity contribution in [3.8, 4) is 0 Å². The lowest BCUT2D eigenvalue weighted by Gasteiger charge is -2.07. The normalized spacial score (nSPS) is 14.4. The second-order valence-corrected chi connectivity index (χ2v) is 4.02. The molecule has 2 rings (SSSR count). The highest BCUT2D eigenvalue weighted by atomic mass is 16.6. The highest BCUT2D eigenvalue weighted by Gasteiger charge is 2.29. The number of rotatable bonds is 4. The molecule has 0 amide bonds. The minimum absolute atomic E-state index is 0.0718. The van der Waals surface area contributed by atoms with Crippen molar-refractivity contribution in [1.29, 1.82) is 0 Å². The lowest BCUT2D eigenvalue weighted by molar-refractivity contribution is -0.384. The zero-order chi connectivity index (χ0) is 12.4. The van der Waals surface area contributed by atoms with Crippen molar-refractivity contribution in [2.45, 2.75) is 25.7 Å². The first-order chi connectivity index (χ1) is 8.13. The minimum Gasteiger partial charge on any atom is -0.462 e. The quantitative estimate of drug-likeness (QED) is 0.457. The Balaban J connectivity index is 2.39. The predicted octanol–water partition coefficient (Wildman–Crippen LogP) is 2.65. The van der Waals surface area contributed by atoms with Gasteiger partial charge >= 0.3 is 5.97 Å². The van der Waals surface area contributed by atoms with E-state index in [1.54, 1.807) is 13.0 Å². The van der Waals surface area contributed by atoms with Crippen LogP contribution in [0.1, 0.15) is 41.6 Å². The van der Waals surface area contributed by atoms with E-state index in [0.717, 1.165) is 18.4 Å². The van der Waals surface area contributed by atoms with Crippen LogP contribution in [0.15, 0.2) is 18.2 Å². The topological polar surface area (TPSA) is 69.4 Å². The molecule has 1 saturated carbocycles. The van der Waals surface area contributed by atoms with Gasteiger partial charge in [-0.3, -0.25) is 10.1 Å². The molecule has 0 radical (unpaired) electrons. The van der Waals surface area contributed by atoms with Crippen LogP contribution in [0.25, 0.3) is 0 Å². The standard InChI is InChI=1S/C12H13NO4/c1-2-17-12(14)11-7-9(13(15)16)5-6-10(11)8-3-4-8/h5-8H,2-4H2,1H3. The second kappa shape index (κ2) is 4.53. The summed E-state index contributed by atoms with van der Waals surface area (Å²) in [4.78, 5) is 21.9. The van der Waals surface area contributed by atoms with Gasteiger partial charge in [-0.05, 0) is 31.2 Å². The summed E-state index contributed by atoms with van der Waals surface area (Å²) in [6, 6.07) is 4.42. The number of ether oxygens (including phenoxy) is 1. The number of benzene rings is 1. The molecular formula is C12H13NO4. The number of carbonyl (C=O) groups is 1. The molecule has 0 unspecified atom stereocenters. The van der Waals surface area contributed by atoms with E-state index in [2.05, 4.69) is 0 Å². The van der Waals surface area contributed by atoms with Crippen LogP contribution in [0.4, 0.5) is 5.69 Å². The van der Waals surface area contributed by atoms with Gasteiger partial charge in [-0.1, -0.05) is 6.07 Å². The van der Waals surface area contributed by atoms with Crippen LogP contribution in [-0.2, 0) is 4.74 Å². The van der Waals surface area contributed by atoms with Crippen LogP contribution in [0, 0.1) is 10.1 Å². The van der Waals surface area contributed by atoms with Crippen LogP contribution < -0.4 is 0 Å². The molecule has 0 aromatic heterocycles. The van der Waals surface area contributed by atoms with Crippen LogP contribution in [0.5, 0.6) is 0 Å². The monoisotopic (exact) mass is 235 g/mol. The predicted molar refractivity (Wildman–Crippen MR) is 61.0 cm³/mol. The molecule has 0 atom stereocenters. The van der Waals surface area contributed by atoms with Crippen LogP contribution in [0.3, 0.4) is 0 Å². The van der Waals surface area contributed by atoms with Gasteiger partial charge in [0.15, 0.2) is 0 Å². The molecule has 0 bridgehead atoms. The van der Waals surface area contributed by atoms with E-state index in [1.807, 2.05) is 0 Å². The second-order valence-electron chi connectivity index (χ2n) is 4.02. The summed E-state index contributed by atoms with van der Waals surface area (Å²) in [5.41, 5.74) is 1.13. The molecule has 0 saturated heterocycles. The average molecular weight is 235 g/mol. The van der Waals surface area contributed by atoms with E-state index < -0.39 is 10.9 Å². The highest BCUT2D eigenvalue weighted by molar-refractivity contribution is 5.92. The number of hydrogen-bond donors (Lipinski definition) is 0. The molecule has 0 N–H and O–H groups in total. The zero-order valence-electron chi connectivity index (χ0n) is 9.51. The maximum atomic E-state index is 11.7. The van der Waals surface area contributed by atoms with Gasteiger partial charge in [0.2, 0.25) is 0 Å². The van der Waals surface area contributed by atoms with Gasteiger partial charge in [0.25, 0.3) is 5.69 Å². The molecule has 5 nitrogen and oxygen atoms in total. The van der Waals surface area contributed by atoms with Crippen molar-refractivity contribution in [3.05, 3.63) is 39.4 Å². The molecule has 90 valence electrons. The molecular weight excluding hydrogens is 222 g/mol. The Hall–Kier alpha value is -1.91. The Morgan fingerprint density at radius 1 is 1.53 bits per heavy atom. The summed E-state index contributed by atoms with van der Waals surface area (Å²) in [6.07, 6.45) is 2.06. The summed E-state index contributed by atoms with van der Waals surface area (Å²) in [6.45, 7) is 1.98. The SMILES string of the molecule is CCOC(=O)c1cc([N+](=O)[O-])ccc1C1CC1. The van der Waals surface area contributed by atoms with Crippen molar-refractivity contribution in [2.24, 2.45) is 0 Å². The van der Waals surface area contributed by atoms with E-state index in [0.29, 0.717) is 11.5 Å². The molecule has 0 aliphatic heterocycles. The fourth-order valence-corrected chi connectivity index (χ4v) is 1.79. The Morgan fingerprint density at radius 3 is 2.76 bits per heavy atom. The third kappa shape index (κ3) is 2.43. The molecule has 5 heteroatoms. The Morgan fingerprint density at radius 2 is 2.24 bits per heavy atom. The van der Waals surface area contributed by atoms with Gasteiger partial charge in [-0.25, -0.2) is 4.79 Å². The first-order valence-electron chi connectivity index (χ1n) is 5.59.